The maximum Gasteiger partial charge on any atom is 0.255 e. The van der Waals surface area contributed by atoms with Gasteiger partial charge >= 0.3 is 0 Å². The van der Waals surface area contributed by atoms with Crippen LogP contribution in [0, 0.1) is 0 Å². The lowest BCUT2D eigenvalue weighted by Gasteiger charge is -2.24. The number of carbonyl (C=O) groups excluding carboxylic acids is 2. The highest BCUT2D eigenvalue weighted by molar-refractivity contribution is 6.04. The normalized spacial score (nSPS) is 11.5. The minimum absolute atomic E-state index is 0.0590. The fourth-order valence-electron chi connectivity index (χ4n) is 2.60. The van der Waals surface area contributed by atoms with Crippen LogP contribution in [0.4, 0.5) is 11.4 Å². The zero-order valence-corrected chi connectivity index (χ0v) is 15.0. The molecule has 0 saturated carbocycles. The van der Waals surface area contributed by atoms with Gasteiger partial charge in [-0.05, 0) is 51.1 Å². The summed E-state index contributed by atoms with van der Waals surface area (Å²) in [5, 5.41) is 6.07. The number of hydrogen-bond donors (Lipinski definition) is 2. The zero-order valence-electron chi connectivity index (χ0n) is 15.0. The van der Waals surface area contributed by atoms with Crippen LogP contribution in [0.1, 0.15) is 31.1 Å². The molecule has 0 aliphatic heterocycles. The van der Waals surface area contributed by atoms with Gasteiger partial charge in [-0.2, -0.15) is 0 Å². The van der Waals surface area contributed by atoms with E-state index in [1.165, 1.54) is 0 Å². The summed E-state index contributed by atoms with van der Waals surface area (Å²) < 4.78 is 0. The van der Waals surface area contributed by atoms with Crippen molar-refractivity contribution in [1.82, 2.24) is 4.90 Å². The number of nitrogens with zero attached hydrogens (tertiary/aromatic N) is 1. The Balaban J connectivity index is 2.03. The van der Waals surface area contributed by atoms with Crippen molar-refractivity contribution in [1.29, 1.82) is 0 Å². The Morgan fingerprint density at radius 2 is 1.60 bits per heavy atom. The predicted molar refractivity (Wildman–Crippen MR) is 102 cm³/mol. The number of nitrogens with one attached hydrogen (secondary N) is 2. The molecule has 132 valence electrons. The Morgan fingerprint density at radius 1 is 0.960 bits per heavy atom. The smallest absolute Gasteiger partial charge is 0.255 e. The van der Waals surface area contributed by atoms with Crippen LogP contribution in [-0.2, 0) is 4.79 Å². The third-order valence-corrected chi connectivity index (χ3v) is 3.99. The second-order valence-corrected chi connectivity index (χ2v) is 5.78. The van der Waals surface area contributed by atoms with E-state index in [9.17, 15) is 9.59 Å². The van der Waals surface area contributed by atoms with Crippen LogP contribution in [-0.4, -0.2) is 35.8 Å². The van der Waals surface area contributed by atoms with Gasteiger partial charge in [-0.25, -0.2) is 0 Å². The average molecular weight is 339 g/mol. The number of rotatable bonds is 7. The molecule has 0 unspecified atom stereocenters. The molecule has 0 heterocycles. The first-order chi connectivity index (χ1) is 12.0. The quantitative estimate of drug-likeness (QED) is 0.810. The molecule has 1 atom stereocenters. The average Bonchev–Trinajstić information content (AvgIpc) is 2.63. The van der Waals surface area contributed by atoms with Crippen molar-refractivity contribution in [3.8, 4) is 0 Å². The summed E-state index contributed by atoms with van der Waals surface area (Å²) >= 11 is 0. The van der Waals surface area contributed by atoms with Crippen molar-refractivity contribution in [2.75, 3.05) is 23.7 Å². The number of anilines is 2. The molecule has 2 amide bonds. The second-order valence-electron chi connectivity index (χ2n) is 5.78. The highest BCUT2D eigenvalue weighted by Gasteiger charge is 2.17. The van der Waals surface area contributed by atoms with Crippen molar-refractivity contribution in [3.05, 3.63) is 60.2 Å². The van der Waals surface area contributed by atoms with Crippen molar-refractivity contribution in [2.45, 2.75) is 26.8 Å². The van der Waals surface area contributed by atoms with Crippen LogP contribution >= 0.6 is 0 Å². The van der Waals surface area contributed by atoms with Crippen LogP contribution in [0.15, 0.2) is 54.6 Å². The standard InChI is InChI=1S/C20H25N3O2/c1-4-23(5-2)20(25)15(3)21-17-12-9-13-18(14-17)22-19(24)16-10-7-6-8-11-16/h6-15,21H,4-5H2,1-3H3,(H,22,24)/t15-/m1/s1. The monoisotopic (exact) mass is 339 g/mol. The molecule has 2 N–H and O–H groups in total. The number of amides is 2. The Kier molecular flexibility index (Phi) is 6.57. The maximum absolute atomic E-state index is 12.4. The number of hydrogen-bond acceptors (Lipinski definition) is 3. The minimum Gasteiger partial charge on any atom is -0.374 e. The zero-order chi connectivity index (χ0) is 18.2. The number of likely N-dealkylation sites (N-methyl/N-ethyl adjacent to an activating group) is 1. The van der Waals surface area contributed by atoms with Gasteiger partial charge in [0.15, 0.2) is 0 Å². The van der Waals surface area contributed by atoms with Crippen LogP contribution in [0.2, 0.25) is 0 Å². The first-order valence-electron chi connectivity index (χ1n) is 8.57. The fourth-order valence-corrected chi connectivity index (χ4v) is 2.60. The molecule has 0 spiro atoms. The van der Waals surface area contributed by atoms with Crippen molar-refractivity contribution >= 4 is 23.2 Å². The van der Waals surface area contributed by atoms with E-state index < -0.39 is 0 Å². The first-order valence-corrected chi connectivity index (χ1v) is 8.57. The molecule has 0 aliphatic rings. The van der Waals surface area contributed by atoms with E-state index >= 15 is 0 Å². The highest BCUT2D eigenvalue weighted by atomic mass is 16.2. The lowest BCUT2D eigenvalue weighted by atomic mass is 10.2. The molecular weight excluding hydrogens is 314 g/mol. The van der Waals surface area contributed by atoms with Gasteiger partial charge < -0.3 is 15.5 Å². The molecule has 2 aromatic carbocycles. The number of carbonyl (C=O) groups is 2. The highest BCUT2D eigenvalue weighted by Crippen LogP contribution is 2.17. The van der Waals surface area contributed by atoms with Crippen LogP contribution in [0.3, 0.4) is 0 Å². The van der Waals surface area contributed by atoms with Gasteiger partial charge in [0.05, 0.1) is 0 Å². The molecule has 0 saturated heterocycles. The third-order valence-electron chi connectivity index (χ3n) is 3.99. The summed E-state index contributed by atoms with van der Waals surface area (Å²) in [5.41, 5.74) is 2.08. The maximum atomic E-state index is 12.4. The Hall–Kier alpha value is -2.82. The second kappa shape index (κ2) is 8.87. The molecule has 2 rings (SSSR count). The Bertz CT molecular complexity index is 712. The van der Waals surface area contributed by atoms with Gasteiger partial charge in [-0.15, -0.1) is 0 Å². The third kappa shape index (κ3) is 5.08. The van der Waals surface area contributed by atoms with E-state index in [0.29, 0.717) is 24.3 Å². The minimum atomic E-state index is -0.333. The lowest BCUT2D eigenvalue weighted by molar-refractivity contribution is -0.131. The molecule has 5 heteroatoms. The lowest BCUT2D eigenvalue weighted by Crippen LogP contribution is -2.41. The van der Waals surface area contributed by atoms with E-state index in [0.717, 1.165) is 5.69 Å². The van der Waals surface area contributed by atoms with Crippen molar-refractivity contribution in [2.24, 2.45) is 0 Å². The topological polar surface area (TPSA) is 61.4 Å². The summed E-state index contributed by atoms with van der Waals surface area (Å²) in [5.74, 6) is -0.103. The largest absolute Gasteiger partial charge is 0.374 e. The predicted octanol–water partition coefficient (Wildman–Crippen LogP) is 3.61. The Morgan fingerprint density at radius 3 is 2.24 bits per heavy atom. The molecule has 5 nitrogen and oxygen atoms in total. The van der Waals surface area contributed by atoms with Crippen molar-refractivity contribution in [3.63, 3.8) is 0 Å². The summed E-state index contributed by atoms with van der Waals surface area (Å²) in [6.07, 6.45) is 0. The first kappa shape index (κ1) is 18.5. The molecule has 0 bridgehead atoms. The summed E-state index contributed by atoms with van der Waals surface area (Å²) in [6.45, 7) is 7.15. The van der Waals surface area contributed by atoms with Gasteiger partial charge in [-0.1, -0.05) is 24.3 Å². The van der Waals surface area contributed by atoms with Gasteiger partial charge in [-0.3, -0.25) is 9.59 Å². The molecule has 25 heavy (non-hydrogen) atoms. The Labute approximate surface area is 149 Å². The van der Waals surface area contributed by atoms with E-state index in [-0.39, 0.29) is 17.9 Å². The molecule has 2 aromatic rings. The van der Waals surface area contributed by atoms with Gasteiger partial charge in [0.1, 0.15) is 6.04 Å². The molecule has 0 radical (unpaired) electrons. The van der Waals surface area contributed by atoms with Gasteiger partial charge in [0.25, 0.3) is 5.91 Å². The molecule has 0 aliphatic carbocycles. The number of benzene rings is 2. The molecular formula is C20H25N3O2. The van der Waals surface area contributed by atoms with Gasteiger partial charge in [0.2, 0.25) is 5.91 Å². The van der Waals surface area contributed by atoms with Crippen LogP contribution in [0.5, 0.6) is 0 Å². The molecule has 0 aromatic heterocycles. The summed E-state index contributed by atoms with van der Waals surface area (Å²) in [4.78, 5) is 26.4. The molecule has 0 fully saturated rings. The summed E-state index contributed by atoms with van der Waals surface area (Å²) in [7, 11) is 0. The van der Waals surface area contributed by atoms with Gasteiger partial charge in [0, 0.05) is 30.0 Å². The summed E-state index contributed by atoms with van der Waals surface area (Å²) in [6, 6.07) is 16.1. The van der Waals surface area contributed by atoms with E-state index in [4.69, 9.17) is 0 Å². The van der Waals surface area contributed by atoms with Crippen LogP contribution in [0.25, 0.3) is 0 Å². The van der Waals surface area contributed by atoms with E-state index in [2.05, 4.69) is 10.6 Å². The van der Waals surface area contributed by atoms with Crippen LogP contribution < -0.4 is 10.6 Å². The van der Waals surface area contributed by atoms with E-state index in [1.54, 1.807) is 17.0 Å². The SMILES string of the molecule is CCN(CC)C(=O)[C@@H](C)Nc1cccc(NC(=O)c2ccccc2)c1. The van der Waals surface area contributed by atoms with E-state index in [1.807, 2.05) is 63.2 Å². The van der Waals surface area contributed by atoms with Crippen molar-refractivity contribution < 1.29 is 9.59 Å². The fraction of sp³-hybridized carbons (Fsp3) is 0.300.